The predicted octanol–water partition coefficient (Wildman–Crippen LogP) is 1.07. The van der Waals surface area contributed by atoms with Crippen molar-refractivity contribution in [3.8, 4) is 0 Å². The molecule has 0 aliphatic heterocycles. The standard InChI is InChI=1S/C11H10N4O/c1-6-4-10-13-9-3-2-7(12)5-8(9)11(16)15(10)14-6/h2-5,14H,12H2,1H3. The summed E-state index contributed by atoms with van der Waals surface area (Å²) in [6.07, 6.45) is 0. The molecule has 0 fully saturated rings. The van der Waals surface area contributed by atoms with E-state index in [1.807, 2.05) is 13.0 Å². The molecule has 5 heteroatoms. The number of anilines is 1. The maximum absolute atomic E-state index is 12.1. The second kappa shape index (κ2) is 2.85. The third-order valence-corrected chi connectivity index (χ3v) is 2.55. The van der Waals surface area contributed by atoms with Gasteiger partial charge in [0.05, 0.1) is 10.9 Å². The molecule has 0 radical (unpaired) electrons. The van der Waals surface area contributed by atoms with Gasteiger partial charge in [0.2, 0.25) is 0 Å². The highest BCUT2D eigenvalue weighted by Crippen LogP contribution is 2.13. The van der Waals surface area contributed by atoms with Gasteiger partial charge in [0.1, 0.15) is 0 Å². The molecule has 0 aliphatic rings. The smallest absolute Gasteiger partial charge is 0.280 e. The van der Waals surface area contributed by atoms with Crippen LogP contribution in [0.2, 0.25) is 0 Å². The average molecular weight is 214 g/mol. The van der Waals surface area contributed by atoms with Gasteiger partial charge < -0.3 is 5.73 Å². The van der Waals surface area contributed by atoms with Crippen LogP contribution in [0, 0.1) is 6.92 Å². The average Bonchev–Trinajstić information content (AvgIpc) is 2.61. The molecule has 0 saturated carbocycles. The van der Waals surface area contributed by atoms with Gasteiger partial charge in [-0.1, -0.05) is 0 Å². The summed E-state index contributed by atoms with van der Waals surface area (Å²) in [5, 5.41) is 3.47. The van der Waals surface area contributed by atoms with Crippen molar-refractivity contribution in [1.29, 1.82) is 0 Å². The van der Waals surface area contributed by atoms with Crippen LogP contribution in [-0.4, -0.2) is 14.6 Å². The molecule has 0 spiro atoms. The van der Waals surface area contributed by atoms with Gasteiger partial charge in [-0.15, -0.1) is 0 Å². The number of nitrogens with two attached hydrogens (primary N) is 1. The molecule has 0 atom stereocenters. The number of H-pyrrole nitrogens is 1. The van der Waals surface area contributed by atoms with E-state index in [0.29, 0.717) is 22.2 Å². The Hall–Kier alpha value is -2.30. The molecular formula is C11H10N4O. The first-order valence-corrected chi connectivity index (χ1v) is 4.93. The minimum Gasteiger partial charge on any atom is -0.399 e. The molecule has 80 valence electrons. The molecule has 0 bridgehead atoms. The number of benzene rings is 1. The zero-order valence-electron chi connectivity index (χ0n) is 8.69. The van der Waals surface area contributed by atoms with Gasteiger partial charge in [-0.05, 0) is 25.1 Å². The first kappa shape index (κ1) is 8.96. The van der Waals surface area contributed by atoms with Crippen LogP contribution in [0.25, 0.3) is 16.6 Å². The van der Waals surface area contributed by atoms with Gasteiger partial charge in [-0.2, -0.15) is 0 Å². The number of aryl methyl sites for hydroxylation is 1. The summed E-state index contributed by atoms with van der Waals surface area (Å²) < 4.78 is 1.43. The number of fused-ring (bicyclic) bond motifs is 2. The molecule has 2 aromatic heterocycles. The van der Waals surface area contributed by atoms with Crippen LogP contribution in [0.5, 0.6) is 0 Å². The summed E-state index contributed by atoms with van der Waals surface area (Å²) in [7, 11) is 0. The number of hydrogen-bond acceptors (Lipinski definition) is 3. The third kappa shape index (κ3) is 1.11. The molecule has 0 amide bonds. The fourth-order valence-electron chi connectivity index (χ4n) is 1.83. The van der Waals surface area contributed by atoms with E-state index in [9.17, 15) is 4.79 Å². The highest BCUT2D eigenvalue weighted by molar-refractivity contribution is 5.82. The lowest BCUT2D eigenvalue weighted by Gasteiger charge is -1.99. The molecule has 1 aromatic carbocycles. The number of nitrogens with one attached hydrogen (secondary N) is 1. The molecule has 0 aliphatic carbocycles. The van der Waals surface area contributed by atoms with Gasteiger partial charge in [0.15, 0.2) is 5.65 Å². The predicted molar refractivity (Wildman–Crippen MR) is 62.5 cm³/mol. The lowest BCUT2D eigenvalue weighted by atomic mass is 10.2. The number of hydrogen-bond donors (Lipinski definition) is 2. The van der Waals surface area contributed by atoms with Gasteiger partial charge in [-0.25, -0.2) is 9.50 Å². The van der Waals surface area contributed by atoms with E-state index in [2.05, 4.69) is 10.1 Å². The molecular weight excluding hydrogens is 204 g/mol. The van der Waals surface area contributed by atoms with E-state index in [-0.39, 0.29) is 5.56 Å². The summed E-state index contributed by atoms with van der Waals surface area (Å²) in [6, 6.07) is 6.98. The van der Waals surface area contributed by atoms with Gasteiger partial charge in [0, 0.05) is 17.4 Å². The van der Waals surface area contributed by atoms with Crippen LogP contribution < -0.4 is 11.3 Å². The van der Waals surface area contributed by atoms with Gasteiger partial charge in [0.25, 0.3) is 5.56 Å². The molecule has 16 heavy (non-hydrogen) atoms. The summed E-state index contributed by atoms with van der Waals surface area (Å²) in [5.74, 6) is 0. The van der Waals surface area contributed by atoms with Crippen molar-refractivity contribution < 1.29 is 0 Å². The first-order valence-electron chi connectivity index (χ1n) is 4.93. The Morgan fingerprint density at radius 3 is 3.00 bits per heavy atom. The minimum absolute atomic E-state index is 0.125. The fraction of sp³-hybridized carbons (Fsp3) is 0.0909. The number of aromatic amines is 1. The molecule has 5 nitrogen and oxygen atoms in total. The van der Waals surface area contributed by atoms with Crippen LogP contribution in [-0.2, 0) is 0 Å². The van der Waals surface area contributed by atoms with Crippen LogP contribution in [0.1, 0.15) is 5.69 Å². The van der Waals surface area contributed by atoms with Gasteiger partial charge in [-0.3, -0.25) is 9.89 Å². The van der Waals surface area contributed by atoms with Crippen LogP contribution in [0.3, 0.4) is 0 Å². The monoisotopic (exact) mass is 214 g/mol. The summed E-state index contributed by atoms with van der Waals surface area (Å²) >= 11 is 0. The molecule has 2 heterocycles. The zero-order valence-corrected chi connectivity index (χ0v) is 8.69. The highest BCUT2D eigenvalue weighted by Gasteiger charge is 2.06. The number of nitrogens with zero attached hydrogens (tertiary/aromatic N) is 2. The molecule has 3 N–H and O–H groups in total. The molecule has 3 rings (SSSR count). The van der Waals surface area contributed by atoms with Crippen molar-refractivity contribution in [1.82, 2.24) is 14.6 Å². The fourth-order valence-corrected chi connectivity index (χ4v) is 1.83. The van der Waals surface area contributed by atoms with Crippen molar-refractivity contribution in [2.75, 3.05) is 5.73 Å². The number of aromatic nitrogens is 3. The lowest BCUT2D eigenvalue weighted by molar-refractivity contribution is 0.895. The summed E-state index contributed by atoms with van der Waals surface area (Å²) in [5.41, 5.74) is 8.28. The maximum Gasteiger partial charge on any atom is 0.280 e. The van der Waals surface area contributed by atoms with E-state index < -0.39 is 0 Å². The Kier molecular flexibility index (Phi) is 1.60. The lowest BCUT2D eigenvalue weighted by Crippen LogP contribution is -2.15. The van der Waals surface area contributed by atoms with E-state index in [4.69, 9.17) is 5.73 Å². The van der Waals surface area contributed by atoms with E-state index in [1.54, 1.807) is 18.2 Å². The second-order valence-corrected chi connectivity index (χ2v) is 3.83. The SMILES string of the molecule is Cc1cc2nc3ccc(N)cc3c(=O)n2[nH]1. The number of nitrogen functional groups attached to an aromatic ring is 1. The van der Waals surface area contributed by atoms with Crippen molar-refractivity contribution in [2.24, 2.45) is 0 Å². The van der Waals surface area contributed by atoms with Crippen molar-refractivity contribution in [3.63, 3.8) is 0 Å². The Morgan fingerprint density at radius 2 is 2.19 bits per heavy atom. The van der Waals surface area contributed by atoms with E-state index >= 15 is 0 Å². The number of rotatable bonds is 0. The minimum atomic E-state index is -0.125. The molecule has 0 saturated heterocycles. The topological polar surface area (TPSA) is 76.2 Å². The zero-order chi connectivity index (χ0) is 11.3. The van der Waals surface area contributed by atoms with E-state index in [1.165, 1.54) is 4.52 Å². The Balaban J connectivity index is 2.60. The Morgan fingerprint density at radius 1 is 1.38 bits per heavy atom. The molecule has 3 aromatic rings. The molecule has 0 unspecified atom stereocenters. The quantitative estimate of drug-likeness (QED) is 0.549. The Labute approximate surface area is 90.5 Å². The summed E-state index contributed by atoms with van der Waals surface area (Å²) in [6.45, 7) is 1.88. The Bertz CT molecular complexity index is 754. The van der Waals surface area contributed by atoms with E-state index in [0.717, 1.165) is 5.69 Å². The van der Waals surface area contributed by atoms with Crippen molar-refractivity contribution >= 4 is 22.2 Å². The highest BCUT2D eigenvalue weighted by atomic mass is 16.1. The maximum atomic E-state index is 12.1. The normalized spacial score (nSPS) is 11.3. The van der Waals surface area contributed by atoms with Crippen LogP contribution in [0.15, 0.2) is 29.1 Å². The first-order chi connectivity index (χ1) is 7.65. The van der Waals surface area contributed by atoms with Gasteiger partial charge >= 0.3 is 0 Å². The van der Waals surface area contributed by atoms with Crippen molar-refractivity contribution in [3.05, 3.63) is 40.3 Å². The van der Waals surface area contributed by atoms with Crippen LogP contribution >= 0.6 is 0 Å². The summed E-state index contributed by atoms with van der Waals surface area (Å²) in [4.78, 5) is 16.5. The van der Waals surface area contributed by atoms with Crippen LogP contribution in [0.4, 0.5) is 5.69 Å². The van der Waals surface area contributed by atoms with Crippen molar-refractivity contribution in [2.45, 2.75) is 6.92 Å². The third-order valence-electron chi connectivity index (χ3n) is 2.55. The second-order valence-electron chi connectivity index (χ2n) is 3.83. The largest absolute Gasteiger partial charge is 0.399 e.